The molecule has 0 aromatic rings. The van der Waals surface area contributed by atoms with Crippen molar-refractivity contribution in [1.29, 1.82) is 0 Å². The third-order valence-electron chi connectivity index (χ3n) is 1.33. The molecule has 0 aromatic heterocycles. The van der Waals surface area contributed by atoms with Crippen molar-refractivity contribution >= 4 is 32.6 Å². The van der Waals surface area contributed by atoms with Crippen molar-refractivity contribution in [2.75, 3.05) is 11.5 Å². The van der Waals surface area contributed by atoms with Crippen molar-refractivity contribution < 1.29 is 24.0 Å². The van der Waals surface area contributed by atoms with Gasteiger partial charge >= 0.3 is 11.9 Å². The third kappa shape index (κ3) is 6.44. The monoisotopic (exact) mass is 256 g/mol. The first-order valence-corrected chi connectivity index (χ1v) is 6.65. The zero-order valence-electron chi connectivity index (χ0n) is 7.66. The minimum Gasteiger partial charge on any atom is -0.480 e. The van der Waals surface area contributed by atoms with Gasteiger partial charge in [0, 0.05) is 5.75 Å². The van der Waals surface area contributed by atoms with Crippen molar-refractivity contribution in [3.05, 3.63) is 0 Å². The van der Waals surface area contributed by atoms with E-state index in [4.69, 9.17) is 21.7 Å². The molecule has 0 radical (unpaired) electrons. The minimum absolute atomic E-state index is 0.0473. The van der Waals surface area contributed by atoms with E-state index in [1.807, 2.05) is 0 Å². The number of hydrogen-bond acceptors (Lipinski definition) is 6. The molecule has 0 spiro atoms. The first-order valence-electron chi connectivity index (χ1n) is 3.83. The molecule has 0 aliphatic heterocycles. The lowest BCUT2D eigenvalue weighted by Gasteiger charge is -2.07. The van der Waals surface area contributed by atoms with Crippen LogP contribution in [0.15, 0.2) is 0 Å². The van der Waals surface area contributed by atoms with Gasteiger partial charge in [-0.05, 0) is 0 Å². The van der Waals surface area contributed by atoms with E-state index < -0.39 is 33.9 Å². The third-order valence-corrected chi connectivity index (χ3v) is 4.32. The van der Waals surface area contributed by atoms with Gasteiger partial charge in [-0.1, -0.05) is 10.8 Å². The van der Waals surface area contributed by atoms with Gasteiger partial charge in [0.25, 0.3) is 0 Å². The van der Waals surface area contributed by atoms with Crippen LogP contribution < -0.4 is 11.5 Å². The molecule has 0 saturated carbocycles. The van der Waals surface area contributed by atoms with E-state index in [1.165, 1.54) is 0 Å². The molecular formula is C6H12N2O5S2. The second kappa shape index (κ2) is 6.77. The fourth-order valence-electron chi connectivity index (χ4n) is 0.486. The van der Waals surface area contributed by atoms with E-state index in [0.29, 0.717) is 0 Å². The summed E-state index contributed by atoms with van der Waals surface area (Å²) in [6, 6.07) is -2.32. The molecule has 6 N–H and O–H groups in total. The summed E-state index contributed by atoms with van der Waals surface area (Å²) in [6.07, 6.45) is 0. The summed E-state index contributed by atoms with van der Waals surface area (Å²) in [5.74, 6) is -2.71. The molecule has 0 amide bonds. The molecule has 1 unspecified atom stereocenters. The molecular weight excluding hydrogens is 244 g/mol. The molecule has 3 atom stereocenters. The van der Waals surface area contributed by atoms with E-state index in [9.17, 15) is 13.8 Å². The summed E-state index contributed by atoms with van der Waals surface area (Å²) in [4.78, 5) is 20.6. The Kier molecular flexibility index (Phi) is 6.48. The maximum absolute atomic E-state index is 11.2. The van der Waals surface area contributed by atoms with Crippen LogP contribution in [0.3, 0.4) is 0 Å². The van der Waals surface area contributed by atoms with E-state index >= 15 is 0 Å². The van der Waals surface area contributed by atoms with Crippen LogP contribution >= 0.6 is 10.8 Å². The lowest BCUT2D eigenvalue weighted by atomic mass is 10.4. The van der Waals surface area contributed by atoms with Crippen LogP contribution in [0.1, 0.15) is 0 Å². The Bertz CT molecular complexity index is 272. The molecule has 0 heterocycles. The molecule has 0 aromatic carbocycles. The Morgan fingerprint density at radius 1 is 1.20 bits per heavy atom. The predicted molar refractivity (Wildman–Crippen MR) is 56.7 cm³/mol. The highest BCUT2D eigenvalue weighted by Crippen LogP contribution is 2.09. The van der Waals surface area contributed by atoms with Gasteiger partial charge in [-0.2, -0.15) is 0 Å². The first-order chi connectivity index (χ1) is 6.84. The molecule has 7 nitrogen and oxygen atoms in total. The van der Waals surface area contributed by atoms with Gasteiger partial charge in [0.05, 0.1) is 15.6 Å². The van der Waals surface area contributed by atoms with Gasteiger partial charge in [0.1, 0.15) is 12.1 Å². The van der Waals surface area contributed by atoms with Crippen LogP contribution in [0.4, 0.5) is 0 Å². The molecule has 0 fully saturated rings. The molecule has 15 heavy (non-hydrogen) atoms. The van der Waals surface area contributed by atoms with Crippen LogP contribution in [-0.4, -0.2) is 49.9 Å². The average molecular weight is 256 g/mol. The Morgan fingerprint density at radius 2 is 1.67 bits per heavy atom. The second-order valence-corrected chi connectivity index (χ2v) is 5.98. The predicted octanol–water partition coefficient (Wildman–Crippen LogP) is -1.79. The Labute approximate surface area is 92.1 Å². The number of aliphatic carboxylic acids is 2. The number of carboxylic acid groups (broad SMARTS) is 2. The highest BCUT2D eigenvalue weighted by molar-refractivity contribution is 8.69. The molecule has 0 saturated heterocycles. The summed E-state index contributed by atoms with van der Waals surface area (Å²) in [5.41, 5.74) is 10.3. The van der Waals surface area contributed by atoms with Gasteiger partial charge in [0.2, 0.25) is 0 Å². The number of hydrogen-bond donors (Lipinski definition) is 4. The first kappa shape index (κ1) is 14.4. The van der Waals surface area contributed by atoms with E-state index in [-0.39, 0.29) is 11.5 Å². The van der Waals surface area contributed by atoms with Crippen LogP contribution in [0, 0.1) is 0 Å². The largest absolute Gasteiger partial charge is 0.480 e. The van der Waals surface area contributed by atoms with Crippen molar-refractivity contribution in [1.82, 2.24) is 0 Å². The number of carboxylic acids is 2. The Morgan fingerprint density at radius 3 is 2.07 bits per heavy atom. The minimum atomic E-state index is -1.54. The highest BCUT2D eigenvalue weighted by Gasteiger charge is 2.18. The van der Waals surface area contributed by atoms with Gasteiger partial charge in [-0.25, -0.2) is 4.21 Å². The quantitative estimate of drug-likeness (QED) is 0.391. The maximum Gasteiger partial charge on any atom is 0.321 e. The fourth-order valence-corrected chi connectivity index (χ4v) is 3.08. The van der Waals surface area contributed by atoms with Gasteiger partial charge in [-0.3, -0.25) is 9.59 Å². The molecule has 0 aliphatic rings. The topological polar surface area (TPSA) is 144 Å². The fraction of sp³-hybridized carbons (Fsp3) is 0.667. The van der Waals surface area contributed by atoms with Crippen molar-refractivity contribution in [2.45, 2.75) is 12.1 Å². The normalized spacial score (nSPS) is 16.7. The number of rotatable bonds is 7. The molecule has 88 valence electrons. The maximum atomic E-state index is 11.2. The van der Waals surface area contributed by atoms with E-state index in [2.05, 4.69) is 0 Å². The summed E-state index contributed by atoms with van der Waals surface area (Å²) in [7, 11) is -0.759. The van der Waals surface area contributed by atoms with Crippen molar-refractivity contribution in [2.24, 2.45) is 11.5 Å². The summed E-state index contributed by atoms with van der Waals surface area (Å²) < 4.78 is 11.2. The van der Waals surface area contributed by atoms with Crippen LogP contribution in [-0.2, 0) is 19.4 Å². The number of carbonyl (C=O) groups is 2. The Hall–Kier alpha value is -0.640. The SMILES string of the molecule is N[C@H](CSS(=O)C[C@@H](N)C(=O)O)C(=O)O. The van der Waals surface area contributed by atoms with Crippen LogP contribution in [0.5, 0.6) is 0 Å². The smallest absolute Gasteiger partial charge is 0.321 e. The second-order valence-electron chi connectivity index (χ2n) is 2.64. The lowest BCUT2D eigenvalue weighted by Crippen LogP contribution is -2.36. The highest BCUT2D eigenvalue weighted by atomic mass is 33.1. The average Bonchev–Trinajstić information content (AvgIpc) is 2.13. The van der Waals surface area contributed by atoms with Crippen molar-refractivity contribution in [3.8, 4) is 0 Å². The standard InChI is InChI=1S/C6H12N2O5S2/c7-3(5(9)10)1-14-15(13)2-4(8)6(11)12/h3-4H,1-2,7-8H2,(H,9,10)(H,11,12)/t3-,4-,15?/m1/s1. The van der Waals surface area contributed by atoms with E-state index in [1.54, 1.807) is 0 Å². The number of nitrogens with two attached hydrogens (primary N) is 2. The zero-order valence-corrected chi connectivity index (χ0v) is 9.29. The molecule has 9 heteroatoms. The molecule has 0 aliphatic carbocycles. The van der Waals surface area contributed by atoms with Gasteiger partial charge in [0.15, 0.2) is 0 Å². The van der Waals surface area contributed by atoms with Crippen LogP contribution in [0.25, 0.3) is 0 Å². The Balaban J connectivity index is 3.85. The molecule has 0 bridgehead atoms. The summed E-state index contributed by atoms with van der Waals surface area (Å²) >= 11 is 0. The van der Waals surface area contributed by atoms with Crippen LogP contribution in [0.2, 0.25) is 0 Å². The van der Waals surface area contributed by atoms with Gasteiger partial charge < -0.3 is 21.7 Å². The van der Waals surface area contributed by atoms with Gasteiger partial charge in [-0.15, -0.1) is 0 Å². The lowest BCUT2D eigenvalue weighted by molar-refractivity contribution is -0.138. The molecule has 0 rings (SSSR count). The van der Waals surface area contributed by atoms with E-state index in [0.717, 1.165) is 10.8 Å². The zero-order chi connectivity index (χ0) is 12.0. The summed E-state index contributed by atoms with van der Waals surface area (Å²) in [5, 5.41) is 16.8. The summed E-state index contributed by atoms with van der Waals surface area (Å²) in [6.45, 7) is 0. The van der Waals surface area contributed by atoms with Crippen molar-refractivity contribution in [3.63, 3.8) is 0 Å².